The second-order valence-electron chi connectivity index (χ2n) is 5.82. The van der Waals surface area contributed by atoms with Gasteiger partial charge < -0.3 is 0 Å². The quantitative estimate of drug-likeness (QED) is 0.768. The molecule has 0 amide bonds. The Kier molecular flexibility index (Phi) is 2.94. The molecular formula is C16H23N. The van der Waals surface area contributed by atoms with Gasteiger partial charge in [0.15, 0.2) is 0 Å². The smallest absolute Gasteiger partial charge is 0.0438 e. The van der Waals surface area contributed by atoms with Gasteiger partial charge in [0.2, 0.25) is 0 Å². The second-order valence-corrected chi connectivity index (χ2v) is 5.82. The van der Waals surface area contributed by atoms with Crippen LogP contribution in [0.15, 0.2) is 12.3 Å². The van der Waals surface area contributed by atoms with Crippen molar-refractivity contribution in [1.82, 2.24) is 4.98 Å². The van der Waals surface area contributed by atoms with E-state index in [0.29, 0.717) is 0 Å². The van der Waals surface area contributed by atoms with E-state index in [1.807, 2.05) is 6.20 Å². The van der Waals surface area contributed by atoms with E-state index in [-0.39, 0.29) is 0 Å². The zero-order chi connectivity index (χ0) is 11.8. The molecule has 1 saturated carbocycles. The van der Waals surface area contributed by atoms with Gasteiger partial charge >= 0.3 is 0 Å². The van der Waals surface area contributed by atoms with Crippen molar-refractivity contribution in [3.05, 3.63) is 29.1 Å². The summed E-state index contributed by atoms with van der Waals surface area (Å²) in [7, 11) is 0. The molecule has 0 N–H and O–H groups in total. The van der Waals surface area contributed by atoms with Crippen molar-refractivity contribution < 1.29 is 0 Å². The molecule has 92 valence electrons. The van der Waals surface area contributed by atoms with E-state index in [1.165, 1.54) is 44.2 Å². The number of nitrogens with zero attached hydrogens (tertiary/aromatic N) is 1. The normalized spacial score (nSPS) is 31.1. The van der Waals surface area contributed by atoms with Gasteiger partial charge in [-0.25, -0.2) is 0 Å². The van der Waals surface area contributed by atoms with Crippen molar-refractivity contribution in [2.75, 3.05) is 0 Å². The van der Waals surface area contributed by atoms with Gasteiger partial charge in [0.25, 0.3) is 0 Å². The van der Waals surface area contributed by atoms with E-state index in [9.17, 15) is 0 Å². The molecule has 1 heterocycles. The first kappa shape index (κ1) is 11.3. The van der Waals surface area contributed by atoms with E-state index in [2.05, 4.69) is 24.9 Å². The Balaban J connectivity index is 1.80. The maximum atomic E-state index is 4.58. The van der Waals surface area contributed by atoms with E-state index in [4.69, 9.17) is 0 Å². The number of hydrogen-bond acceptors (Lipinski definition) is 1. The first-order valence-electron chi connectivity index (χ1n) is 7.29. The number of aryl methyl sites for hydroxylation is 2. The summed E-state index contributed by atoms with van der Waals surface area (Å²) >= 11 is 0. The van der Waals surface area contributed by atoms with Gasteiger partial charge in [-0.1, -0.05) is 20.3 Å². The molecule has 3 atom stereocenters. The van der Waals surface area contributed by atoms with Crippen LogP contribution in [0.5, 0.6) is 0 Å². The Morgan fingerprint density at radius 3 is 2.94 bits per heavy atom. The lowest BCUT2D eigenvalue weighted by Crippen LogP contribution is -2.19. The lowest BCUT2D eigenvalue weighted by Gasteiger charge is -2.26. The molecule has 0 radical (unpaired) electrons. The highest BCUT2D eigenvalue weighted by Gasteiger charge is 2.42. The van der Waals surface area contributed by atoms with Crippen LogP contribution in [0.1, 0.15) is 49.9 Å². The first-order chi connectivity index (χ1) is 8.33. The van der Waals surface area contributed by atoms with Crippen LogP contribution in [-0.4, -0.2) is 4.98 Å². The van der Waals surface area contributed by atoms with Gasteiger partial charge in [-0.3, -0.25) is 4.98 Å². The van der Waals surface area contributed by atoms with Crippen LogP contribution in [0.2, 0.25) is 0 Å². The molecule has 1 nitrogen and oxygen atoms in total. The van der Waals surface area contributed by atoms with E-state index in [1.54, 1.807) is 11.1 Å². The van der Waals surface area contributed by atoms with Crippen LogP contribution in [0, 0.1) is 17.8 Å². The Morgan fingerprint density at radius 2 is 2.24 bits per heavy atom. The molecule has 17 heavy (non-hydrogen) atoms. The van der Waals surface area contributed by atoms with E-state index >= 15 is 0 Å². The topological polar surface area (TPSA) is 12.9 Å². The fourth-order valence-corrected chi connectivity index (χ4v) is 3.75. The number of rotatable bonds is 3. The van der Waals surface area contributed by atoms with Crippen LogP contribution in [0.4, 0.5) is 0 Å². The number of fused-ring (bicyclic) bond motifs is 1. The molecule has 0 aliphatic heterocycles. The number of hydrogen-bond donors (Lipinski definition) is 0. The molecular weight excluding hydrogens is 206 g/mol. The summed E-state index contributed by atoms with van der Waals surface area (Å²) in [6.45, 7) is 4.62. The van der Waals surface area contributed by atoms with Crippen molar-refractivity contribution in [3.8, 4) is 0 Å². The molecule has 1 fully saturated rings. The lowest BCUT2D eigenvalue weighted by molar-refractivity contribution is 0.378. The van der Waals surface area contributed by atoms with Gasteiger partial charge in [-0.2, -0.15) is 0 Å². The number of aromatic nitrogens is 1. The largest absolute Gasteiger partial charge is 0.261 e. The Hall–Kier alpha value is -0.850. The Labute approximate surface area is 105 Å². The highest BCUT2D eigenvalue weighted by Crippen LogP contribution is 2.50. The third-order valence-corrected chi connectivity index (χ3v) is 4.95. The SMILES string of the molecule is CCc1ccnc2c1CC(C1CC1CC)CC2. The van der Waals surface area contributed by atoms with Gasteiger partial charge in [-0.15, -0.1) is 0 Å². The minimum absolute atomic E-state index is 0.960. The zero-order valence-electron chi connectivity index (χ0n) is 11.1. The molecule has 2 aliphatic rings. The average molecular weight is 229 g/mol. The highest BCUT2D eigenvalue weighted by molar-refractivity contribution is 5.33. The molecule has 0 saturated heterocycles. The third-order valence-electron chi connectivity index (χ3n) is 4.95. The van der Waals surface area contributed by atoms with Gasteiger partial charge in [0.05, 0.1) is 0 Å². The van der Waals surface area contributed by atoms with Crippen molar-refractivity contribution >= 4 is 0 Å². The van der Waals surface area contributed by atoms with Crippen molar-refractivity contribution in [2.45, 2.75) is 52.4 Å². The van der Waals surface area contributed by atoms with Crippen molar-refractivity contribution in [3.63, 3.8) is 0 Å². The minimum Gasteiger partial charge on any atom is -0.261 e. The average Bonchev–Trinajstić information content (AvgIpc) is 3.17. The van der Waals surface area contributed by atoms with Crippen LogP contribution in [-0.2, 0) is 19.3 Å². The standard InChI is InChI=1S/C16H23N/c1-3-11-7-8-17-16-6-5-13(10-15(11)16)14-9-12(14)4-2/h7-8,12-14H,3-6,9-10H2,1-2H3. The predicted molar refractivity (Wildman–Crippen MR) is 71.0 cm³/mol. The summed E-state index contributed by atoms with van der Waals surface area (Å²) in [5.41, 5.74) is 4.55. The highest BCUT2D eigenvalue weighted by atomic mass is 14.7. The molecule has 3 rings (SSSR count). The molecule has 0 bridgehead atoms. The molecule has 0 aromatic carbocycles. The minimum atomic E-state index is 0.960. The first-order valence-corrected chi connectivity index (χ1v) is 7.29. The summed E-state index contributed by atoms with van der Waals surface area (Å²) < 4.78 is 0. The monoisotopic (exact) mass is 229 g/mol. The van der Waals surface area contributed by atoms with E-state index < -0.39 is 0 Å². The summed E-state index contributed by atoms with van der Waals surface area (Å²) in [5.74, 6) is 3.04. The summed E-state index contributed by atoms with van der Waals surface area (Å²) in [6.07, 6.45) is 9.98. The fourth-order valence-electron chi connectivity index (χ4n) is 3.75. The summed E-state index contributed by atoms with van der Waals surface area (Å²) in [5, 5.41) is 0. The Morgan fingerprint density at radius 1 is 1.35 bits per heavy atom. The molecule has 1 heteroatoms. The fraction of sp³-hybridized carbons (Fsp3) is 0.688. The van der Waals surface area contributed by atoms with Crippen LogP contribution < -0.4 is 0 Å². The predicted octanol–water partition coefficient (Wildman–Crippen LogP) is 3.80. The molecule has 1 aromatic heterocycles. The van der Waals surface area contributed by atoms with Crippen molar-refractivity contribution in [1.29, 1.82) is 0 Å². The van der Waals surface area contributed by atoms with Crippen LogP contribution in [0.25, 0.3) is 0 Å². The zero-order valence-corrected chi connectivity index (χ0v) is 11.1. The maximum Gasteiger partial charge on any atom is 0.0438 e. The maximum absolute atomic E-state index is 4.58. The molecule has 3 unspecified atom stereocenters. The lowest BCUT2D eigenvalue weighted by atomic mass is 9.80. The third kappa shape index (κ3) is 2.00. The van der Waals surface area contributed by atoms with Gasteiger partial charge in [0.1, 0.15) is 0 Å². The molecule has 2 aliphatic carbocycles. The van der Waals surface area contributed by atoms with Crippen LogP contribution >= 0.6 is 0 Å². The molecule has 0 spiro atoms. The second kappa shape index (κ2) is 4.44. The van der Waals surface area contributed by atoms with Crippen LogP contribution in [0.3, 0.4) is 0 Å². The van der Waals surface area contributed by atoms with Crippen molar-refractivity contribution in [2.24, 2.45) is 17.8 Å². The van der Waals surface area contributed by atoms with Gasteiger partial charge in [-0.05, 0) is 67.1 Å². The molecule has 1 aromatic rings. The Bertz CT molecular complexity index is 396. The summed E-state index contributed by atoms with van der Waals surface area (Å²) in [6, 6.07) is 2.23. The van der Waals surface area contributed by atoms with E-state index in [0.717, 1.165) is 17.8 Å². The number of pyridine rings is 1. The van der Waals surface area contributed by atoms with Gasteiger partial charge in [0, 0.05) is 11.9 Å². The summed E-state index contributed by atoms with van der Waals surface area (Å²) in [4.78, 5) is 4.58.